The largest absolute Gasteiger partial charge is 0.278 e. The Labute approximate surface area is 462 Å². The number of nitrogens with zero attached hydrogens (tertiary/aromatic N) is 12. The number of benzene rings is 10. The molecular weight excluding hydrogens is 997 g/mol. The number of para-hydroxylation sites is 4. The van der Waals surface area contributed by atoms with Gasteiger partial charge in [0.15, 0.2) is 34.9 Å². The van der Waals surface area contributed by atoms with Crippen molar-refractivity contribution < 1.29 is 0 Å². The zero-order chi connectivity index (χ0) is 53.4. The van der Waals surface area contributed by atoms with Crippen LogP contribution in [0.2, 0.25) is 0 Å². The zero-order valence-corrected chi connectivity index (χ0v) is 43.1. The highest BCUT2D eigenvalue weighted by Gasteiger charge is 2.24. The van der Waals surface area contributed by atoms with Crippen LogP contribution in [0, 0.1) is 0 Å². The third kappa shape index (κ3) is 7.72. The van der Waals surface area contributed by atoms with E-state index in [2.05, 4.69) is 147 Å². The van der Waals surface area contributed by atoms with E-state index in [4.69, 9.17) is 44.9 Å². The molecule has 0 N–H and O–H groups in total. The molecule has 0 fully saturated rings. The summed E-state index contributed by atoms with van der Waals surface area (Å²) in [7, 11) is 0. The minimum atomic E-state index is 0.465. The van der Waals surface area contributed by atoms with E-state index >= 15 is 0 Å². The molecule has 16 aromatic rings. The molecule has 6 heterocycles. The summed E-state index contributed by atoms with van der Waals surface area (Å²) in [5.41, 5.74) is 11.0. The molecule has 0 unspecified atom stereocenters. The van der Waals surface area contributed by atoms with E-state index in [1.807, 2.05) is 121 Å². The number of aromatic nitrogens is 12. The molecule has 6 aromatic heterocycles. The van der Waals surface area contributed by atoms with Crippen LogP contribution in [0.5, 0.6) is 0 Å². The molecule has 0 saturated carbocycles. The fourth-order valence-electron chi connectivity index (χ4n) is 11.3. The second-order valence-corrected chi connectivity index (χ2v) is 19.9. The van der Waals surface area contributed by atoms with E-state index in [9.17, 15) is 0 Å². The van der Waals surface area contributed by atoms with Gasteiger partial charge in [-0.05, 0) is 60.7 Å². The van der Waals surface area contributed by atoms with Crippen molar-refractivity contribution in [3.63, 3.8) is 0 Å². The summed E-state index contributed by atoms with van der Waals surface area (Å²) in [4.78, 5) is 46.9. The van der Waals surface area contributed by atoms with E-state index in [0.717, 1.165) is 98.8 Å². The number of fused-ring (bicyclic) bond motifs is 9. The SMILES string of the molecule is c1ccc(-c2nc(-c3ccccc3)nc(-c3ccc4c(c3)c3ccccc3n4-c3nc(-c4ccccc4)nc(-n4c5ccccc5c5cc(-c6nc(-c7ccccc7)nc(-n7c8ccccc8c8ccccc87)n6)ccc54)n3)n2)cc1. The molecule has 16 rings (SSSR count). The van der Waals surface area contributed by atoms with Crippen molar-refractivity contribution in [2.45, 2.75) is 0 Å². The lowest BCUT2D eigenvalue weighted by Gasteiger charge is -2.13. The van der Waals surface area contributed by atoms with Crippen LogP contribution in [0.4, 0.5) is 0 Å². The van der Waals surface area contributed by atoms with Gasteiger partial charge in [0.2, 0.25) is 17.8 Å². The van der Waals surface area contributed by atoms with E-state index in [-0.39, 0.29) is 0 Å². The lowest BCUT2D eigenvalue weighted by molar-refractivity contribution is 0.893. The van der Waals surface area contributed by atoms with Crippen molar-refractivity contribution in [1.29, 1.82) is 0 Å². The van der Waals surface area contributed by atoms with Gasteiger partial charge < -0.3 is 0 Å². The molecule has 10 aromatic carbocycles. The molecule has 81 heavy (non-hydrogen) atoms. The molecule has 12 heteroatoms. The van der Waals surface area contributed by atoms with Gasteiger partial charge in [-0.3, -0.25) is 13.7 Å². The first-order valence-corrected chi connectivity index (χ1v) is 26.7. The van der Waals surface area contributed by atoms with Crippen LogP contribution in [-0.4, -0.2) is 58.6 Å². The van der Waals surface area contributed by atoms with Crippen molar-refractivity contribution >= 4 is 65.4 Å². The fourth-order valence-corrected chi connectivity index (χ4v) is 11.3. The standard InChI is InChI=1S/C69H42N12/c1-5-21-43(22-6-1)61-70-62(44-23-7-2-8-24-44)72-65(71-61)47-37-39-59-53(41-47)51-31-15-19-35-57(51)80(59)68-75-64(46-27-11-4-12-28-46)76-69(78-68)81-58-36-20-16-32-52(58)54-42-48(38-40-60(54)81)66-73-63(45-25-9-3-10-26-45)74-67(77-66)79-55-33-17-13-29-49(55)50-30-14-18-34-56(50)79/h1-42H. The third-order valence-corrected chi connectivity index (χ3v) is 15.0. The van der Waals surface area contributed by atoms with Crippen LogP contribution in [0.25, 0.3) is 152 Å². The smallest absolute Gasteiger partial charge is 0.240 e. The van der Waals surface area contributed by atoms with Gasteiger partial charge in [0.1, 0.15) is 0 Å². The zero-order valence-electron chi connectivity index (χ0n) is 43.1. The predicted molar refractivity (Wildman–Crippen MR) is 322 cm³/mol. The van der Waals surface area contributed by atoms with Gasteiger partial charge in [-0.2, -0.15) is 24.9 Å². The van der Waals surface area contributed by atoms with Gasteiger partial charge in [0, 0.05) is 65.7 Å². The lowest BCUT2D eigenvalue weighted by atomic mass is 10.1. The molecule has 0 atom stereocenters. The first-order chi connectivity index (χ1) is 40.1. The van der Waals surface area contributed by atoms with Crippen LogP contribution in [0.3, 0.4) is 0 Å². The Hall–Kier alpha value is -11.4. The highest BCUT2D eigenvalue weighted by Crippen LogP contribution is 2.39. The normalized spacial score (nSPS) is 11.7. The Morgan fingerprint density at radius 3 is 0.753 bits per heavy atom. The summed E-state index contributed by atoms with van der Waals surface area (Å²) >= 11 is 0. The first kappa shape index (κ1) is 45.8. The van der Waals surface area contributed by atoms with Crippen LogP contribution < -0.4 is 0 Å². The molecule has 0 bridgehead atoms. The van der Waals surface area contributed by atoms with Gasteiger partial charge in [-0.25, -0.2) is 19.9 Å². The minimum absolute atomic E-state index is 0.465. The maximum Gasteiger partial charge on any atom is 0.240 e. The first-order valence-electron chi connectivity index (χ1n) is 26.7. The summed E-state index contributed by atoms with van der Waals surface area (Å²) in [6.07, 6.45) is 0. The quantitative estimate of drug-likeness (QED) is 0.139. The van der Waals surface area contributed by atoms with Crippen molar-refractivity contribution in [3.05, 3.63) is 255 Å². The summed E-state index contributed by atoms with van der Waals surface area (Å²) in [6.45, 7) is 0. The maximum absolute atomic E-state index is 5.47. The van der Waals surface area contributed by atoms with Gasteiger partial charge in [-0.1, -0.05) is 194 Å². The summed E-state index contributed by atoms with van der Waals surface area (Å²) in [6, 6.07) is 86.5. The monoisotopic (exact) mass is 1040 g/mol. The Morgan fingerprint density at radius 1 is 0.173 bits per heavy atom. The summed E-state index contributed by atoms with van der Waals surface area (Å²) < 4.78 is 6.42. The van der Waals surface area contributed by atoms with E-state index in [1.165, 1.54) is 0 Å². The number of hydrogen-bond acceptors (Lipinski definition) is 9. The highest BCUT2D eigenvalue weighted by atomic mass is 15.3. The van der Waals surface area contributed by atoms with Crippen molar-refractivity contribution in [1.82, 2.24) is 58.6 Å². The molecule has 0 saturated heterocycles. The molecule has 0 aliphatic rings. The molecule has 0 aliphatic heterocycles. The van der Waals surface area contributed by atoms with Gasteiger partial charge in [0.25, 0.3) is 0 Å². The Morgan fingerprint density at radius 2 is 0.407 bits per heavy atom. The Kier molecular flexibility index (Phi) is 10.6. The minimum Gasteiger partial charge on any atom is -0.278 e. The van der Waals surface area contributed by atoms with Gasteiger partial charge in [0.05, 0.1) is 33.1 Å². The van der Waals surface area contributed by atoms with Crippen LogP contribution in [-0.2, 0) is 0 Å². The molecule has 0 amide bonds. The van der Waals surface area contributed by atoms with Crippen LogP contribution in [0.1, 0.15) is 0 Å². The van der Waals surface area contributed by atoms with Crippen LogP contribution in [0.15, 0.2) is 255 Å². The second kappa shape index (κ2) is 18.7. The average Bonchev–Trinajstić information content (AvgIpc) is 4.22. The third-order valence-electron chi connectivity index (χ3n) is 15.0. The Balaban J connectivity index is 0.877. The second-order valence-electron chi connectivity index (χ2n) is 19.9. The maximum atomic E-state index is 5.47. The van der Waals surface area contributed by atoms with Crippen LogP contribution >= 0.6 is 0 Å². The van der Waals surface area contributed by atoms with E-state index in [0.29, 0.717) is 52.8 Å². The van der Waals surface area contributed by atoms with Gasteiger partial charge >= 0.3 is 0 Å². The van der Waals surface area contributed by atoms with E-state index < -0.39 is 0 Å². The fraction of sp³-hybridized carbons (Fsp3) is 0. The molecule has 0 radical (unpaired) electrons. The average molecular weight is 1040 g/mol. The van der Waals surface area contributed by atoms with Crippen molar-refractivity contribution in [3.8, 4) is 86.2 Å². The highest BCUT2D eigenvalue weighted by molar-refractivity contribution is 6.12. The number of rotatable bonds is 9. The van der Waals surface area contributed by atoms with Gasteiger partial charge in [-0.15, -0.1) is 0 Å². The molecule has 0 spiro atoms. The summed E-state index contributed by atoms with van der Waals surface area (Å²) in [5.74, 6) is 4.89. The molecule has 12 nitrogen and oxygen atoms in total. The molecule has 0 aliphatic carbocycles. The molecular formula is C69H42N12. The van der Waals surface area contributed by atoms with Crippen molar-refractivity contribution in [2.24, 2.45) is 0 Å². The lowest BCUT2D eigenvalue weighted by Crippen LogP contribution is -2.10. The number of hydrogen-bond donors (Lipinski definition) is 0. The van der Waals surface area contributed by atoms with Crippen molar-refractivity contribution in [2.75, 3.05) is 0 Å². The molecule has 378 valence electrons. The predicted octanol–water partition coefficient (Wildman–Crippen LogP) is 15.5. The van der Waals surface area contributed by atoms with E-state index in [1.54, 1.807) is 0 Å². The Bertz CT molecular complexity index is 5000. The topological polar surface area (TPSA) is 131 Å². The summed E-state index contributed by atoms with van der Waals surface area (Å²) in [5, 5.41) is 6.28.